The lowest BCUT2D eigenvalue weighted by atomic mass is 10.1. The van der Waals surface area contributed by atoms with E-state index in [9.17, 15) is 18.3 Å². The van der Waals surface area contributed by atoms with Crippen molar-refractivity contribution in [3.8, 4) is 0 Å². The zero-order chi connectivity index (χ0) is 24.7. The Morgan fingerprint density at radius 3 is 2.51 bits per heavy atom. The Bertz CT molecular complexity index is 1210. The van der Waals surface area contributed by atoms with Gasteiger partial charge in [-0.3, -0.25) is 4.31 Å². The monoisotopic (exact) mass is 542 g/mol. The normalized spacial score (nSPS) is 11.9. The van der Waals surface area contributed by atoms with Gasteiger partial charge in [-0.2, -0.15) is 0 Å². The summed E-state index contributed by atoms with van der Waals surface area (Å²) in [4.78, 5) is 16.1. The molecule has 0 fully saturated rings. The van der Waals surface area contributed by atoms with Crippen molar-refractivity contribution in [3.63, 3.8) is 0 Å². The summed E-state index contributed by atoms with van der Waals surface area (Å²) < 4.78 is 35.4. The zero-order valence-electron chi connectivity index (χ0n) is 18.3. The third-order valence-corrected chi connectivity index (χ3v) is 7.31. The van der Waals surface area contributed by atoms with Gasteiger partial charge in [0, 0.05) is 41.1 Å². The van der Waals surface area contributed by atoms with Crippen LogP contribution in [0.25, 0.3) is 0 Å². The highest BCUT2D eigenvalue weighted by molar-refractivity contribution is 7.92. The van der Waals surface area contributed by atoms with Crippen LogP contribution in [-0.2, 0) is 27.9 Å². The molecule has 0 saturated carbocycles. The second-order valence-corrected chi connectivity index (χ2v) is 10.0. The molecular weight excluding hydrogens is 515 g/mol. The van der Waals surface area contributed by atoms with Crippen molar-refractivity contribution in [1.29, 1.82) is 0 Å². The molecule has 2 N–H and O–H groups in total. The van der Waals surface area contributed by atoms with Gasteiger partial charge in [-0.1, -0.05) is 36.7 Å². The fourth-order valence-corrected chi connectivity index (χ4v) is 5.18. The summed E-state index contributed by atoms with van der Waals surface area (Å²) >= 11 is 12.1. The Morgan fingerprint density at radius 1 is 1.20 bits per heavy atom. The Kier molecular flexibility index (Phi) is 10.4. The van der Waals surface area contributed by atoms with Gasteiger partial charge >= 0.3 is 6.09 Å². The minimum absolute atomic E-state index is 0. The molecule has 3 aromatic rings. The molecule has 2 aromatic carbocycles. The number of nitrogens with zero attached hydrogens (tertiary/aromatic N) is 3. The summed E-state index contributed by atoms with van der Waals surface area (Å²) in [5.74, 6) is 0. The van der Waals surface area contributed by atoms with Gasteiger partial charge in [-0.15, -0.1) is 0 Å². The third kappa shape index (κ3) is 7.35. The lowest BCUT2D eigenvalue weighted by molar-refractivity contribution is 0.141. The molecule has 0 bridgehead atoms. The van der Waals surface area contributed by atoms with E-state index in [0.717, 1.165) is 4.31 Å². The zero-order valence-corrected chi connectivity index (χ0v) is 20.6. The molecule has 12 heteroatoms. The van der Waals surface area contributed by atoms with E-state index in [1.54, 1.807) is 42.3 Å². The minimum Gasteiger partial charge on any atom is -0.447 e. The first-order valence-corrected chi connectivity index (χ1v) is 12.5. The number of amides is 1. The van der Waals surface area contributed by atoms with E-state index in [4.69, 9.17) is 27.9 Å². The number of carbonyl (C=O) groups excluding carboxylic acids is 1. The number of anilines is 1. The number of hydrogen-bond acceptors (Lipinski definition) is 6. The van der Waals surface area contributed by atoms with Crippen molar-refractivity contribution in [2.75, 3.05) is 17.5 Å². The standard InChI is InChI=1S/C22H24Cl2N4O5S.CH4/c1-16(14-33-22(30)26-9-11-27-10-8-25-15-27)28(21-12-19(24)3-2-17(21)13-29)34(31,32)20-6-4-18(23)5-7-20;/h2-8,10,12,15-16,29H,9,11,13-14H2,1H3,(H,26,30);1H4/t16-;/m1./s1. The molecule has 35 heavy (non-hydrogen) atoms. The van der Waals surface area contributed by atoms with Gasteiger partial charge < -0.3 is 19.7 Å². The number of ether oxygens (including phenoxy) is 1. The van der Waals surface area contributed by atoms with E-state index in [1.165, 1.54) is 30.3 Å². The van der Waals surface area contributed by atoms with Crippen molar-refractivity contribution in [2.24, 2.45) is 0 Å². The Labute approximate surface area is 215 Å². The van der Waals surface area contributed by atoms with Gasteiger partial charge in [0.2, 0.25) is 0 Å². The summed E-state index contributed by atoms with van der Waals surface area (Å²) in [6.07, 6.45) is 4.33. The SMILES string of the molecule is C.C[C@H](COC(=O)NCCn1ccnc1)N(c1cc(Cl)ccc1CO)S(=O)(=O)c1ccc(Cl)cc1. The minimum atomic E-state index is -4.13. The molecule has 0 saturated heterocycles. The molecule has 0 spiro atoms. The van der Waals surface area contributed by atoms with Crippen molar-refractivity contribution in [3.05, 3.63) is 76.8 Å². The highest BCUT2D eigenvalue weighted by atomic mass is 35.5. The quantitative estimate of drug-likeness (QED) is 0.394. The highest BCUT2D eigenvalue weighted by Crippen LogP contribution is 2.32. The van der Waals surface area contributed by atoms with Crippen LogP contribution in [0.5, 0.6) is 0 Å². The Morgan fingerprint density at radius 2 is 1.89 bits per heavy atom. The number of rotatable bonds is 10. The molecular formula is C23H28Cl2N4O5S. The van der Waals surface area contributed by atoms with Crippen LogP contribution >= 0.6 is 23.2 Å². The van der Waals surface area contributed by atoms with Gasteiger partial charge in [-0.25, -0.2) is 18.2 Å². The first-order valence-electron chi connectivity index (χ1n) is 10.3. The molecule has 190 valence electrons. The lowest BCUT2D eigenvalue weighted by Gasteiger charge is -2.31. The van der Waals surface area contributed by atoms with Crippen molar-refractivity contribution < 1.29 is 23.1 Å². The number of imidazole rings is 1. The Hall–Kier alpha value is -2.79. The van der Waals surface area contributed by atoms with Gasteiger partial charge in [-0.05, 0) is 43.3 Å². The van der Waals surface area contributed by atoms with Crippen LogP contribution in [0.4, 0.5) is 10.5 Å². The van der Waals surface area contributed by atoms with Crippen LogP contribution in [0.3, 0.4) is 0 Å². The fraction of sp³-hybridized carbons (Fsp3) is 0.304. The Balaban J connectivity index is 0.00000432. The smallest absolute Gasteiger partial charge is 0.407 e. The van der Waals surface area contributed by atoms with Crippen LogP contribution in [0.15, 0.2) is 66.1 Å². The summed E-state index contributed by atoms with van der Waals surface area (Å²) in [7, 11) is -4.13. The van der Waals surface area contributed by atoms with E-state index in [0.29, 0.717) is 23.7 Å². The summed E-state index contributed by atoms with van der Waals surface area (Å²) in [5.41, 5.74) is 0.528. The summed E-state index contributed by atoms with van der Waals surface area (Å²) in [6.45, 7) is 1.74. The molecule has 0 aliphatic heterocycles. The van der Waals surface area contributed by atoms with E-state index < -0.39 is 28.8 Å². The number of benzene rings is 2. The van der Waals surface area contributed by atoms with E-state index in [2.05, 4.69) is 10.3 Å². The molecule has 9 nitrogen and oxygen atoms in total. The number of sulfonamides is 1. The maximum Gasteiger partial charge on any atom is 0.407 e. The van der Waals surface area contributed by atoms with E-state index >= 15 is 0 Å². The number of aliphatic hydroxyl groups excluding tert-OH is 1. The number of alkyl carbamates (subject to hydrolysis) is 1. The van der Waals surface area contributed by atoms with Crippen LogP contribution in [0.2, 0.25) is 10.0 Å². The van der Waals surface area contributed by atoms with Crippen LogP contribution in [0.1, 0.15) is 19.9 Å². The largest absolute Gasteiger partial charge is 0.447 e. The van der Waals surface area contributed by atoms with Crippen LogP contribution in [-0.4, -0.2) is 48.4 Å². The molecule has 1 heterocycles. The number of nitrogens with one attached hydrogen (secondary N) is 1. The molecule has 1 amide bonds. The molecule has 0 radical (unpaired) electrons. The molecule has 0 aliphatic carbocycles. The fourth-order valence-electron chi connectivity index (χ4n) is 3.22. The second-order valence-electron chi connectivity index (χ2n) is 7.36. The van der Waals surface area contributed by atoms with Gasteiger partial charge in [0.05, 0.1) is 29.6 Å². The third-order valence-electron chi connectivity index (χ3n) is 4.88. The predicted octanol–water partition coefficient (Wildman–Crippen LogP) is 4.33. The number of carbonyl (C=O) groups is 1. The van der Waals surface area contributed by atoms with E-state index in [-0.39, 0.29) is 29.6 Å². The van der Waals surface area contributed by atoms with Crippen LogP contribution < -0.4 is 9.62 Å². The molecule has 1 atom stereocenters. The highest BCUT2D eigenvalue weighted by Gasteiger charge is 2.32. The maximum atomic E-state index is 13.6. The number of hydrogen-bond donors (Lipinski definition) is 2. The van der Waals surface area contributed by atoms with Crippen molar-refractivity contribution in [2.45, 2.75) is 38.4 Å². The molecule has 1 aromatic heterocycles. The number of halogens is 2. The predicted molar refractivity (Wildman–Crippen MR) is 136 cm³/mol. The second kappa shape index (κ2) is 12.8. The molecule has 3 rings (SSSR count). The average Bonchev–Trinajstić information content (AvgIpc) is 3.32. The average molecular weight is 543 g/mol. The van der Waals surface area contributed by atoms with Gasteiger partial charge in [0.15, 0.2) is 0 Å². The van der Waals surface area contributed by atoms with E-state index in [1.807, 2.05) is 0 Å². The van der Waals surface area contributed by atoms with Crippen molar-refractivity contribution >= 4 is 45.0 Å². The topological polar surface area (TPSA) is 114 Å². The van der Waals surface area contributed by atoms with Crippen LogP contribution in [0, 0.1) is 0 Å². The maximum absolute atomic E-state index is 13.6. The number of aliphatic hydroxyl groups is 1. The first kappa shape index (κ1) is 28.4. The summed E-state index contributed by atoms with van der Waals surface area (Å²) in [6, 6.07) is 9.40. The first-order chi connectivity index (χ1) is 16.2. The number of aromatic nitrogens is 2. The summed E-state index contributed by atoms with van der Waals surface area (Å²) in [5, 5.41) is 13.1. The van der Waals surface area contributed by atoms with Gasteiger partial charge in [0.1, 0.15) is 6.61 Å². The molecule has 0 unspecified atom stereocenters. The van der Waals surface area contributed by atoms with Gasteiger partial charge in [0.25, 0.3) is 10.0 Å². The van der Waals surface area contributed by atoms with Crippen molar-refractivity contribution in [1.82, 2.24) is 14.9 Å². The molecule has 0 aliphatic rings. The lowest BCUT2D eigenvalue weighted by Crippen LogP contribution is -2.43.